The van der Waals surface area contributed by atoms with Gasteiger partial charge < -0.3 is 10.6 Å². The Morgan fingerprint density at radius 1 is 1.25 bits per heavy atom. The molecule has 2 N–H and O–H groups in total. The quantitative estimate of drug-likeness (QED) is 0.904. The number of anilines is 2. The number of halogens is 1. The zero-order chi connectivity index (χ0) is 13.9. The van der Waals surface area contributed by atoms with Gasteiger partial charge in [0.1, 0.15) is 0 Å². The molecule has 2 aromatic rings. The molecule has 1 aromatic carbocycles. The molecule has 0 atom stereocenters. The fourth-order valence-corrected chi connectivity index (χ4v) is 2.05. The molecule has 0 radical (unpaired) electrons. The largest absolute Gasteiger partial charge is 0.381 e. The number of benzene rings is 1. The number of aromatic nitrogens is 1. The Bertz CT molecular complexity index is 641. The van der Waals surface area contributed by atoms with Gasteiger partial charge in [0.05, 0.1) is 22.0 Å². The second-order valence-electron chi connectivity index (χ2n) is 4.81. The summed E-state index contributed by atoms with van der Waals surface area (Å²) in [5, 5.41) is 6.62. The highest BCUT2D eigenvalue weighted by molar-refractivity contribution is 6.33. The van der Waals surface area contributed by atoms with Crippen LogP contribution in [0.4, 0.5) is 11.4 Å². The van der Waals surface area contributed by atoms with Gasteiger partial charge in [-0.3, -0.25) is 9.78 Å². The van der Waals surface area contributed by atoms with Crippen molar-refractivity contribution in [3.05, 3.63) is 53.3 Å². The summed E-state index contributed by atoms with van der Waals surface area (Å²) in [6.45, 7) is 0. The van der Waals surface area contributed by atoms with E-state index in [9.17, 15) is 4.79 Å². The van der Waals surface area contributed by atoms with Crippen molar-refractivity contribution in [3.8, 4) is 0 Å². The molecular weight excluding hydrogens is 274 g/mol. The van der Waals surface area contributed by atoms with Crippen molar-refractivity contribution in [2.75, 3.05) is 10.6 Å². The highest BCUT2D eigenvalue weighted by atomic mass is 35.5. The van der Waals surface area contributed by atoms with E-state index >= 15 is 0 Å². The number of hydrogen-bond donors (Lipinski definition) is 2. The van der Waals surface area contributed by atoms with Crippen molar-refractivity contribution in [1.29, 1.82) is 0 Å². The van der Waals surface area contributed by atoms with Gasteiger partial charge in [0.2, 0.25) is 0 Å². The third kappa shape index (κ3) is 3.08. The summed E-state index contributed by atoms with van der Waals surface area (Å²) in [6, 6.07) is 9.47. The summed E-state index contributed by atoms with van der Waals surface area (Å²) in [6.07, 6.45) is 5.63. The predicted octanol–water partition coefficient (Wildman–Crippen LogP) is 3.56. The average Bonchev–Trinajstić information content (AvgIpc) is 3.25. The number of carbonyl (C=O) groups excluding carboxylic acids is 1. The number of carbonyl (C=O) groups is 1. The molecule has 0 unspecified atom stereocenters. The van der Waals surface area contributed by atoms with Gasteiger partial charge in [0.15, 0.2) is 0 Å². The smallest absolute Gasteiger partial charge is 0.257 e. The second-order valence-corrected chi connectivity index (χ2v) is 5.22. The minimum atomic E-state index is -0.218. The van der Waals surface area contributed by atoms with Gasteiger partial charge in [-0.1, -0.05) is 23.7 Å². The van der Waals surface area contributed by atoms with E-state index in [1.165, 1.54) is 12.8 Å². The van der Waals surface area contributed by atoms with Gasteiger partial charge in [-0.25, -0.2) is 0 Å². The Labute approximate surface area is 122 Å². The van der Waals surface area contributed by atoms with Gasteiger partial charge in [0.25, 0.3) is 5.91 Å². The van der Waals surface area contributed by atoms with Crippen molar-refractivity contribution in [2.24, 2.45) is 0 Å². The lowest BCUT2D eigenvalue weighted by Gasteiger charge is -2.08. The summed E-state index contributed by atoms with van der Waals surface area (Å²) in [5.41, 5.74) is 1.98. The molecule has 1 fully saturated rings. The van der Waals surface area contributed by atoms with Crippen LogP contribution in [0.5, 0.6) is 0 Å². The number of amides is 1. The molecule has 0 spiro atoms. The van der Waals surface area contributed by atoms with Crippen LogP contribution in [0.2, 0.25) is 5.02 Å². The molecule has 4 nitrogen and oxygen atoms in total. The number of hydrogen-bond acceptors (Lipinski definition) is 3. The highest BCUT2D eigenvalue weighted by Crippen LogP contribution is 2.25. The number of pyridine rings is 1. The standard InChI is InChI=1S/C15H14ClN3O/c16-13-3-1-2-4-14(13)19-15(20)10-7-12(9-17-8-10)18-11-5-6-11/h1-4,7-9,11,18H,5-6H2,(H,19,20). The molecule has 1 aliphatic carbocycles. The van der Waals surface area contributed by atoms with E-state index in [1.54, 1.807) is 30.6 Å². The monoisotopic (exact) mass is 287 g/mol. The summed E-state index contributed by atoms with van der Waals surface area (Å²) >= 11 is 6.02. The lowest BCUT2D eigenvalue weighted by molar-refractivity contribution is 0.102. The van der Waals surface area contributed by atoms with Crippen LogP contribution in [0.3, 0.4) is 0 Å². The van der Waals surface area contributed by atoms with E-state index in [2.05, 4.69) is 15.6 Å². The van der Waals surface area contributed by atoms with Crippen LogP contribution in [0.1, 0.15) is 23.2 Å². The number of nitrogens with one attached hydrogen (secondary N) is 2. The van der Waals surface area contributed by atoms with Gasteiger partial charge in [0, 0.05) is 18.4 Å². The number of rotatable bonds is 4. The number of nitrogens with zero attached hydrogens (tertiary/aromatic N) is 1. The molecule has 20 heavy (non-hydrogen) atoms. The Morgan fingerprint density at radius 3 is 2.80 bits per heavy atom. The Balaban J connectivity index is 1.74. The van der Waals surface area contributed by atoms with Gasteiger partial charge >= 0.3 is 0 Å². The zero-order valence-electron chi connectivity index (χ0n) is 10.8. The minimum Gasteiger partial charge on any atom is -0.381 e. The molecule has 5 heteroatoms. The molecule has 102 valence electrons. The molecule has 3 rings (SSSR count). The zero-order valence-corrected chi connectivity index (χ0v) is 11.5. The predicted molar refractivity (Wildman–Crippen MR) is 80.3 cm³/mol. The lowest BCUT2D eigenvalue weighted by atomic mass is 10.2. The first-order valence-electron chi connectivity index (χ1n) is 6.50. The fraction of sp³-hybridized carbons (Fsp3) is 0.200. The molecule has 0 saturated heterocycles. The first kappa shape index (κ1) is 12.9. The van der Waals surface area contributed by atoms with Crippen molar-refractivity contribution < 1.29 is 4.79 Å². The van der Waals surface area contributed by atoms with Crippen LogP contribution >= 0.6 is 11.6 Å². The van der Waals surface area contributed by atoms with Crippen molar-refractivity contribution in [3.63, 3.8) is 0 Å². The Morgan fingerprint density at radius 2 is 2.05 bits per heavy atom. The lowest BCUT2D eigenvalue weighted by Crippen LogP contribution is -2.13. The van der Waals surface area contributed by atoms with Crippen LogP contribution in [0.15, 0.2) is 42.7 Å². The SMILES string of the molecule is O=C(Nc1ccccc1Cl)c1cncc(NC2CC2)c1. The first-order chi connectivity index (χ1) is 9.72. The van der Waals surface area contributed by atoms with Crippen LogP contribution in [-0.4, -0.2) is 16.9 Å². The van der Waals surface area contributed by atoms with Crippen LogP contribution in [0.25, 0.3) is 0 Å². The van der Waals surface area contributed by atoms with Gasteiger partial charge in [-0.05, 0) is 31.0 Å². The fourth-order valence-electron chi connectivity index (χ4n) is 1.86. The summed E-state index contributed by atoms with van der Waals surface area (Å²) in [4.78, 5) is 16.3. The van der Waals surface area contributed by atoms with E-state index in [1.807, 2.05) is 12.1 Å². The van der Waals surface area contributed by atoms with E-state index < -0.39 is 0 Å². The molecule has 0 aliphatic heterocycles. The first-order valence-corrected chi connectivity index (χ1v) is 6.87. The molecule has 1 aromatic heterocycles. The normalized spacial score (nSPS) is 13.8. The Kier molecular flexibility index (Phi) is 3.56. The maximum absolute atomic E-state index is 12.2. The molecule has 0 bridgehead atoms. The van der Waals surface area contributed by atoms with Crippen molar-refractivity contribution >= 4 is 28.9 Å². The van der Waals surface area contributed by atoms with Crippen LogP contribution in [-0.2, 0) is 0 Å². The van der Waals surface area contributed by atoms with E-state index in [0.29, 0.717) is 22.3 Å². The van der Waals surface area contributed by atoms with Gasteiger partial charge in [-0.15, -0.1) is 0 Å². The molecule has 1 amide bonds. The van der Waals surface area contributed by atoms with E-state index in [0.717, 1.165) is 5.69 Å². The third-order valence-electron chi connectivity index (χ3n) is 3.07. The summed E-state index contributed by atoms with van der Waals surface area (Å²) in [5.74, 6) is -0.218. The van der Waals surface area contributed by atoms with Crippen LogP contribution in [0, 0.1) is 0 Å². The second kappa shape index (κ2) is 5.51. The van der Waals surface area contributed by atoms with Crippen LogP contribution < -0.4 is 10.6 Å². The highest BCUT2D eigenvalue weighted by Gasteiger charge is 2.21. The third-order valence-corrected chi connectivity index (χ3v) is 3.40. The van der Waals surface area contributed by atoms with Gasteiger partial charge in [-0.2, -0.15) is 0 Å². The molecule has 1 heterocycles. The maximum atomic E-state index is 12.2. The molecule has 1 aliphatic rings. The Hall–Kier alpha value is -2.07. The summed E-state index contributed by atoms with van der Waals surface area (Å²) < 4.78 is 0. The average molecular weight is 288 g/mol. The molecule has 1 saturated carbocycles. The molecular formula is C15H14ClN3O. The number of para-hydroxylation sites is 1. The topological polar surface area (TPSA) is 54.0 Å². The van der Waals surface area contributed by atoms with Crippen molar-refractivity contribution in [1.82, 2.24) is 4.98 Å². The van der Waals surface area contributed by atoms with E-state index in [-0.39, 0.29) is 5.91 Å². The maximum Gasteiger partial charge on any atom is 0.257 e. The minimum absolute atomic E-state index is 0.218. The van der Waals surface area contributed by atoms with E-state index in [4.69, 9.17) is 11.6 Å². The summed E-state index contributed by atoms with van der Waals surface area (Å²) in [7, 11) is 0. The van der Waals surface area contributed by atoms with Crippen molar-refractivity contribution in [2.45, 2.75) is 18.9 Å².